The van der Waals surface area contributed by atoms with Gasteiger partial charge in [0.1, 0.15) is 11.6 Å². The molecule has 6 nitrogen and oxygen atoms in total. The molecule has 1 aliphatic rings. The molecule has 0 unspecified atom stereocenters. The summed E-state index contributed by atoms with van der Waals surface area (Å²) in [6.07, 6.45) is 0.646. The lowest BCUT2D eigenvalue weighted by Gasteiger charge is -2.29. The maximum Gasteiger partial charge on any atom is 0.235 e. The van der Waals surface area contributed by atoms with E-state index < -0.39 is 5.41 Å². The fraction of sp³-hybridized carbons (Fsp3) is 0.450. The van der Waals surface area contributed by atoms with Gasteiger partial charge in [0, 0.05) is 5.56 Å². The normalized spacial score (nSPS) is 18.9. The van der Waals surface area contributed by atoms with Gasteiger partial charge in [-0.1, -0.05) is 29.4 Å². The highest BCUT2D eigenvalue weighted by Crippen LogP contribution is 2.34. The number of benzene rings is 1. The average molecular weight is 390 g/mol. The second kappa shape index (κ2) is 7.35. The Morgan fingerprint density at radius 1 is 1.26 bits per heavy atom. The molecule has 0 saturated carbocycles. The summed E-state index contributed by atoms with van der Waals surface area (Å²) < 4.78 is 5.24. The number of nitrogens with zero attached hydrogens (tertiary/aromatic N) is 1. The summed E-state index contributed by atoms with van der Waals surface area (Å²) in [5, 5.41) is 10.0. The number of halogens is 1. The van der Waals surface area contributed by atoms with E-state index in [1.807, 2.05) is 45.0 Å². The molecule has 0 spiro atoms. The molecule has 0 aliphatic heterocycles. The summed E-state index contributed by atoms with van der Waals surface area (Å²) in [4.78, 5) is 25.1. The van der Waals surface area contributed by atoms with Crippen LogP contribution < -0.4 is 10.6 Å². The van der Waals surface area contributed by atoms with Crippen molar-refractivity contribution >= 4 is 23.4 Å². The van der Waals surface area contributed by atoms with Crippen LogP contribution in [0.3, 0.4) is 0 Å². The molecule has 2 aromatic rings. The van der Waals surface area contributed by atoms with Gasteiger partial charge in [0.25, 0.3) is 0 Å². The minimum absolute atomic E-state index is 0.121. The molecule has 2 amide bonds. The van der Waals surface area contributed by atoms with Gasteiger partial charge in [-0.3, -0.25) is 9.59 Å². The van der Waals surface area contributed by atoms with Gasteiger partial charge in [-0.2, -0.15) is 0 Å². The van der Waals surface area contributed by atoms with Crippen LogP contribution in [0, 0.1) is 13.8 Å². The van der Waals surface area contributed by atoms with Crippen LogP contribution in [-0.2, 0) is 21.4 Å². The van der Waals surface area contributed by atoms with Gasteiger partial charge in [0.15, 0.2) is 0 Å². The second-order valence-corrected chi connectivity index (χ2v) is 7.75. The SMILES string of the molecule is Cc1noc(C)c1C(C)(C)C(=O)N[C@@H]1Cc2ccccc2[C@H]1NC(=O)CCl. The minimum Gasteiger partial charge on any atom is -0.361 e. The number of carbonyl (C=O) groups is 2. The Kier molecular flexibility index (Phi) is 5.29. The predicted octanol–water partition coefficient (Wildman–Crippen LogP) is 2.71. The number of aromatic nitrogens is 1. The quantitative estimate of drug-likeness (QED) is 0.770. The van der Waals surface area contributed by atoms with E-state index in [0.29, 0.717) is 17.9 Å². The second-order valence-electron chi connectivity index (χ2n) is 7.49. The topological polar surface area (TPSA) is 84.2 Å². The Labute approximate surface area is 163 Å². The third-order valence-corrected chi connectivity index (χ3v) is 5.46. The number of aryl methyl sites for hydroxylation is 2. The summed E-state index contributed by atoms with van der Waals surface area (Å²) in [6, 6.07) is 7.31. The summed E-state index contributed by atoms with van der Waals surface area (Å²) in [5.41, 5.74) is 2.80. The Hall–Kier alpha value is -2.34. The maximum absolute atomic E-state index is 13.2. The predicted molar refractivity (Wildman–Crippen MR) is 103 cm³/mol. The summed E-state index contributed by atoms with van der Waals surface area (Å²) in [5.74, 6) is 0.112. The summed E-state index contributed by atoms with van der Waals surface area (Å²) in [6.45, 7) is 7.34. The Morgan fingerprint density at radius 3 is 2.59 bits per heavy atom. The van der Waals surface area contributed by atoms with Crippen molar-refractivity contribution in [3.8, 4) is 0 Å². The molecule has 0 saturated heterocycles. The van der Waals surface area contributed by atoms with Crippen LogP contribution in [0.4, 0.5) is 0 Å². The van der Waals surface area contributed by atoms with Crippen molar-refractivity contribution in [1.29, 1.82) is 0 Å². The van der Waals surface area contributed by atoms with E-state index in [9.17, 15) is 9.59 Å². The molecule has 144 valence electrons. The number of amides is 2. The van der Waals surface area contributed by atoms with E-state index in [-0.39, 0.29) is 29.8 Å². The molecule has 0 fully saturated rings. The van der Waals surface area contributed by atoms with Gasteiger partial charge in [-0.25, -0.2) is 0 Å². The number of hydrogen-bond acceptors (Lipinski definition) is 4. The van der Waals surface area contributed by atoms with Gasteiger partial charge in [-0.05, 0) is 45.2 Å². The number of fused-ring (bicyclic) bond motifs is 1. The largest absolute Gasteiger partial charge is 0.361 e. The van der Waals surface area contributed by atoms with Crippen LogP contribution >= 0.6 is 11.6 Å². The Morgan fingerprint density at radius 2 is 1.96 bits per heavy atom. The highest BCUT2D eigenvalue weighted by atomic mass is 35.5. The third-order valence-electron chi connectivity index (χ3n) is 5.21. The lowest BCUT2D eigenvalue weighted by Crippen LogP contribution is -2.50. The zero-order valence-corrected chi connectivity index (χ0v) is 16.7. The van der Waals surface area contributed by atoms with Crippen molar-refractivity contribution < 1.29 is 14.1 Å². The zero-order chi connectivity index (χ0) is 19.8. The number of rotatable bonds is 5. The van der Waals surface area contributed by atoms with E-state index in [4.69, 9.17) is 16.1 Å². The van der Waals surface area contributed by atoms with Crippen LogP contribution in [0.15, 0.2) is 28.8 Å². The van der Waals surface area contributed by atoms with Gasteiger partial charge in [0.05, 0.1) is 23.2 Å². The van der Waals surface area contributed by atoms with E-state index in [2.05, 4.69) is 15.8 Å². The fourth-order valence-electron chi connectivity index (χ4n) is 3.96. The van der Waals surface area contributed by atoms with Gasteiger partial charge < -0.3 is 15.2 Å². The van der Waals surface area contributed by atoms with Gasteiger partial charge in [0.2, 0.25) is 11.8 Å². The van der Waals surface area contributed by atoms with E-state index >= 15 is 0 Å². The van der Waals surface area contributed by atoms with Crippen LogP contribution in [-0.4, -0.2) is 28.9 Å². The first-order chi connectivity index (χ1) is 12.8. The molecular weight excluding hydrogens is 366 g/mol. The van der Waals surface area contributed by atoms with E-state index in [0.717, 1.165) is 16.7 Å². The molecule has 1 aliphatic carbocycles. The monoisotopic (exact) mass is 389 g/mol. The van der Waals surface area contributed by atoms with Crippen molar-refractivity contribution in [2.45, 2.75) is 51.6 Å². The Balaban J connectivity index is 1.85. The number of carbonyl (C=O) groups excluding carboxylic acids is 2. The minimum atomic E-state index is -0.815. The van der Waals surface area contributed by atoms with Crippen molar-refractivity contribution in [1.82, 2.24) is 15.8 Å². The van der Waals surface area contributed by atoms with Crippen molar-refractivity contribution in [2.75, 3.05) is 5.88 Å². The van der Waals surface area contributed by atoms with E-state index in [1.165, 1.54) is 0 Å². The summed E-state index contributed by atoms with van der Waals surface area (Å²) in [7, 11) is 0. The fourth-order valence-corrected chi connectivity index (χ4v) is 4.03. The summed E-state index contributed by atoms with van der Waals surface area (Å²) >= 11 is 5.67. The molecule has 3 rings (SSSR count). The molecule has 1 aromatic heterocycles. The zero-order valence-electron chi connectivity index (χ0n) is 15.9. The molecule has 0 bridgehead atoms. The third kappa shape index (κ3) is 3.58. The number of nitrogens with one attached hydrogen (secondary N) is 2. The first kappa shape index (κ1) is 19.4. The molecule has 7 heteroatoms. The van der Waals surface area contributed by atoms with Gasteiger partial charge in [-0.15, -0.1) is 11.6 Å². The van der Waals surface area contributed by atoms with Crippen molar-refractivity contribution in [2.24, 2.45) is 0 Å². The lowest BCUT2D eigenvalue weighted by atomic mass is 9.82. The van der Waals surface area contributed by atoms with Crippen LogP contribution in [0.25, 0.3) is 0 Å². The van der Waals surface area contributed by atoms with Gasteiger partial charge >= 0.3 is 0 Å². The standard InChI is InChI=1S/C20H24ClN3O3/c1-11-17(12(2)27-24-11)20(3,4)19(26)22-15-9-13-7-5-6-8-14(13)18(15)23-16(25)10-21/h5-8,15,18H,9-10H2,1-4H3,(H,22,26)(H,23,25)/t15-,18-/m1/s1. The first-order valence-electron chi connectivity index (χ1n) is 8.93. The molecule has 1 heterocycles. The van der Waals surface area contributed by atoms with Crippen molar-refractivity contribution in [3.63, 3.8) is 0 Å². The highest BCUT2D eigenvalue weighted by molar-refractivity contribution is 6.27. The molecule has 2 atom stereocenters. The molecule has 27 heavy (non-hydrogen) atoms. The van der Waals surface area contributed by atoms with Crippen LogP contribution in [0.2, 0.25) is 0 Å². The highest BCUT2D eigenvalue weighted by Gasteiger charge is 2.40. The average Bonchev–Trinajstić information content (AvgIpc) is 3.15. The molecular formula is C20H24ClN3O3. The molecule has 1 aromatic carbocycles. The first-order valence-corrected chi connectivity index (χ1v) is 9.46. The van der Waals surface area contributed by atoms with Crippen LogP contribution in [0.1, 0.15) is 48.0 Å². The van der Waals surface area contributed by atoms with E-state index in [1.54, 1.807) is 6.92 Å². The number of hydrogen-bond donors (Lipinski definition) is 2. The molecule has 2 N–H and O–H groups in total. The lowest BCUT2D eigenvalue weighted by molar-refractivity contribution is -0.127. The maximum atomic E-state index is 13.2. The van der Waals surface area contributed by atoms with Crippen LogP contribution in [0.5, 0.6) is 0 Å². The smallest absolute Gasteiger partial charge is 0.235 e. The Bertz CT molecular complexity index is 856. The number of alkyl halides is 1. The van der Waals surface area contributed by atoms with Crippen molar-refractivity contribution in [3.05, 3.63) is 52.4 Å². The molecule has 0 radical (unpaired) electrons.